The van der Waals surface area contributed by atoms with Crippen LogP contribution in [0, 0.1) is 6.92 Å². The van der Waals surface area contributed by atoms with E-state index in [1.807, 2.05) is 6.33 Å². The van der Waals surface area contributed by atoms with Crippen LogP contribution >= 0.6 is 22.9 Å². The molecule has 0 unspecified atom stereocenters. The fourth-order valence-electron chi connectivity index (χ4n) is 4.15. The Balaban J connectivity index is 2.04. The van der Waals surface area contributed by atoms with Gasteiger partial charge in [-0.2, -0.15) is 0 Å². The second kappa shape index (κ2) is 5.00. The van der Waals surface area contributed by atoms with E-state index in [2.05, 4.69) is 98.6 Å². The van der Waals surface area contributed by atoms with Gasteiger partial charge in [-0.25, -0.2) is 9.97 Å². The van der Waals surface area contributed by atoms with Gasteiger partial charge in [-0.15, -0.1) is 0 Å². The zero-order valence-electron chi connectivity index (χ0n) is 15.5. The van der Waals surface area contributed by atoms with Crippen LogP contribution in [0.3, 0.4) is 0 Å². The van der Waals surface area contributed by atoms with Crippen molar-refractivity contribution in [2.45, 2.75) is 33.1 Å². The number of imidazole rings is 3. The summed E-state index contributed by atoms with van der Waals surface area (Å²) in [6.45, 7) is 8.89. The topological polar surface area (TPSA) is 40.1 Å². The van der Waals surface area contributed by atoms with E-state index in [9.17, 15) is 0 Å². The molecule has 6 heteroatoms. The Bertz CT molecular complexity index is 1340. The van der Waals surface area contributed by atoms with Gasteiger partial charge in [0.1, 0.15) is 6.33 Å². The summed E-state index contributed by atoms with van der Waals surface area (Å²) in [5, 5.41) is 0. The molecule has 0 aliphatic rings. The van der Waals surface area contributed by atoms with Crippen molar-refractivity contribution in [2.75, 3.05) is 0 Å². The number of para-hydroxylation sites is 1. The molecule has 0 atom stereocenters. The molecule has 0 aliphatic carbocycles. The maximum Gasteiger partial charge on any atom is 0.215 e. The van der Waals surface area contributed by atoms with Gasteiger partial charge in [-0.05, 0) is 30.0 Å². The minimum atomic E-state index is 0.0520. The molecule has 0 bridgehead atoms. The summed E-state index contributed by atoms with van der Waals surface area (Å²) in [5.74, 6) is 0.975. The van der Waals surface area contributed by atoms with Crippen LogP contribution in [0.5, 0.6) is 0 Å². The molecule has 0 aliphatic heterocycles. The molecule has 0 spiro atoms. The van der Waals surface area contributed by atoms with Crippen LogP contribution in [-0.2, 0) is 12.5 Å². The number of halogens is 1. The van der Waals surface area contributed by atoms with E-state index in [0.717, 1.165) is 27.8 Å². The SMILES string of the molecule is Cc1c2c(cc3c1n(C)c1nc4c(C(C)(C)C)cccc4n31)ncn2I. The van der Waals surface area contributed by atoms with Gasteiger partial charge >= 0.3 is 0 Å². The lowest BCUT2D eigenvalue weighted by Crippen LogP contribution is -2.11. The number of nitrogens with zero attached hydrogens (tertiary/aromatic N) is 5. The van der Waals surface area contributed by atoms with Gasteiger partial charge in [0.2, 0.25) is 5.78 Å². The largest absolute Gasteiger partial charge is 0.312 e. The van der Waals surface area contributed by atoms with Gasteiger partial charge in [0.05, 0.1) is 56.0 Å². The molecule has 0 radical (unpaired) electrons. The third-order valence-corrected chi connectivity index (χ3v) is 6.06. The third kappa shape index (κ3) is 1.91. The minimum Gasteiger partial charge on any atom is -0.312 e. The fourth-order valence-corrected chi connectivity index (χ4v) is 4.88. The zero-order valence-corrected chi connectivity index (χ0v) is 17.7. The molecule has 0 N–H and O–H groups in total. The van der Waals surface area contributed by atoms with Crippen molar-refractivity contribution in [3.05, 3.63) is 41.7 Å². The molecule has 2 aromatic carbocycles. The number of aromatic nitrogens is 5. The lowest BCUT2D eigenvalue weighted by molar-refractivity contribution is 0.595. The Morgan fingerprint density at radius 1 is 1.08 bits per heavy atom. The average molecular weight is 457 g/mol. The molecule has 3 aromatic heterocycles. The summed E-state index contributed by atoms with van der Waals surface area (Å²) >= 11 is 2.29. The number of benzene rings is 2. The van der Waals surface area contributed by atoms with Crippen LogP contribution in [0.15, 0.2) is 30.6 Å². The summed E-state index contributed by atoms with van der Waals surface area (Å²) in [5.41, 5.74) is 9.37. The predicted molar refractivity (Wildman–Crippen MR) is 115 cm³/mol. The van der Waals surface area contributed by atoms with Crippen molar-refractivity contribution in [1.82, 2.24) is 21.7 Å². The Hall–Kier alpha value is -2.09. The first-order valence-corrected chi connectivity index (χ1v) is 9.68. The summed E-state index contributed by atoms with van der Waals surface area (Å²) in [6.07, 6.45) is 1.87. The lowest BCUT2D eigenvalue weighted by Gasteiger charge is -2.19. The van der Waals surface area contributed by atoms with E-state index >= 15 is 0 Å². The first-order chi connectivity index (χ1) is 12.3. The van der Waals surface area contributed by atoms with Gasteiger partial charge in [-0.3, -0.25) is 7.18 Å². The van der Waals surface area contributed by atoms with Crippen LogP contribution in [0.25, 0.3) is 38.9 Å². The molecule has 0 saturated heterocycles. The van der Waals surface area contributed by atoms with Crippen molar-refractivity contribution in [1.29, 1.82) is 0 Å². The maximum absolute atomic E-state index is 5.05. The zero-order chi connectivity index (χ0) is 18.4. The molecule has 0 fully saturated rings. The molecule has 3 heterocycles. The van der Waals surface area contributed by atoms with E-state index in [1.165, 1.54) is 22.2 Å². The second-order valence-corrected chi connectivity index (χ2v) is 9.06. The lowest BCUT2D eigenvalue weighted by atomic mass is 9.86. The van der Waals surface area contributed by atoms with E-state index in [4.69, 9.17) is 4.98 Å². The molecule has 0 amide bonds. The van der Waals surface area contributed by atoms with Crippen LogP contribution in [0.1, 0.15) is 31.9 Å². The number of rotatable bonds is 0. The minimum absolute atomic E-state index is 0.0520. The Morgan fingerprint density at radius 2 is 1.85 bits per heavy atom. The molecule has 5 nitrogen and oxygen atoms in total. The molecule has 0 saturated carbocycles. The maximum atomic E-state index is 5.05. The summed E-state index contributed by atoms with van der Waals surface area (Å²) < 4.78 is 6.55. The van der Waals surface area contributed by atoms with Crippen LogP contribution < -0.4 is 0 Å². The van der Waals surface area contributed by atoms with Crippen molar-refractivity contribution in [3.63, 3.8) is 0 Å². The molecule has 5 rings (SSSR count). The van der Waals surface area contributed by atoms with Gasteiger partial charge in [-0.1, -0.05) is 32.9 Å². The van der Waals surface area contributed by atoms with Crippen molar-refractivity contribution in [3.8, 4) is 0 Å². The molecule has 26 heavy (non-hydrogen) atoms. The predicted octanol–water partition coefficient (Wildman–Crippen LogP) is 5.13. The summed E-state index contributed by atoms with van der Waals surface area (Å²) in [6, 6.07) is 8.68. The number of aryl methyl sites for hydroxylation is 2. The fraction of sp³-hybridized carbons (Fsp3) is 0.300. The van der Waals surface area contributed by atoms with Gasteiger partial charge in [0, 0.05) is 12.6 Å². The van der Waals surface area contributed by atoms with E-state index in [1.54, 1.807) is 0 Å². The van der Waals surface area contributed by atoms with Crippen molar-refractivity contribution < 1.29 is 0 Å². The molecular formula is C20H20IN5. The third-order valence-electron chi connectivity index (χ3n) is 5.33. The smallest absolute Gasteiger partial charge is 0.215 e. The van der Waals surface area contributed by atoms with Gasteiger partial charge < -0.3 is 4.57 Å². The quantitative estimate of drug-likeness (QED) is 0.303. The highest BCUT2D eigenvalue weighted by atomic mass is 127. The number of hydrogen-bond donors (Lipinski definition) is 0. The Kier molecular flexibility index (Phi) is 3.10. The molecular weight excluding hydrogens is 437 g/mol. The van der Waals surface area contributed by atoms with Crippen molar-refractivity contribution in [2.24, 2.45) is 7.05 Å². The number of fused-ring (bicyclic) bond motifs is 6. The standard InChI is InChI=1S/C20H20IN5/c1-11-17-13(22-10-25(17)21)9-15-18(11)24(5)19-23-16-12(20(2,3)4)7-6-8-14(16)26(15)19/h6-10H,1-5H3. The molecule has 5 aromatic rings. The number of hydrogen-bond acceptors (Lipinski definition) is 2. The highest BCUT2D eigenvalue weighted by Crippen LogP contribution is 2.35. The highest BCUT2D eigenvalue weighted by molar-refractivity contribution is 14.1. The van der Waals surface area contributed by atoms with Crippen LogP contribution in [-0.4, -0.2) is 21.7 Å². The first-order valence-electron chi connectivity index (χ1n) is 8.72. The average Bonchev–Trinajstić information content (AvgIpc) is 3.20. The normalized spacial score (nSPS) is 13.0. The van der Waals surface area contributed by atoms with Gasteiger partial charge in [0.15, 0.2) is 0 Å². The summed E-state index contributed by atoms with van der Waals surface area (Å²) in [4.78, 5) is 9.63. The molecule has 132 valence electrons. The first kappa shape index (κ1) is 16.1. The van der Waals surface area contributed by atoms with Gasteiger partial charge in [0.25, 0.3) is 0 Å². The van der Waals surface area contributed by atoms with Crippen molar-refractivity contribution >= 4 is 61.7 Å². The monoisotopic (exact) mass is 457 g/mol. The van der Waals surface area contributed by atoms with E-state index in [-0.39, 0.29) is 5.41 Å². The Labute approximate surface area is 165 Å². The Morgan fingerprint density at radius 3 is 2.58 bits per heavy atom. The highest BCUT2D eigenvalue weighted by Gasteiger charge is 2.23. The van der Waals surface area contributed by atoms with Crippen LogP contribution in [0.2, 0.25) is 0 Å². The summed E-state index contributed by atoms with van der Waals surface area (Å²) in [7, 11) is 2.10. The van der Waals surface area contributed by atoms with Crippen LogP contribution in [0.4, 0.5) is 0 Å². The second-order valence-electron chi connectivity index (χ2n) is 8.02. The van der Waals surface area contributed by atoms with E-state index < -0.39 is 0 Å². The van der Waals surface area contributed by atoms with E-state index in [0.29, 0.717) is 0 Å².